The maximum Gasteiger partial charge on any atom is 0.0758 e. The predicted octanol–water partition coefficient (Wildman–Crippen LogP) is 1.89. The predicted molar refractivity (Wildman–Crippen MR) is 45.1 cm³/mol. The molecule has 0 heterocycles. The van der Waals surface area contributed by atoms with Crippen molar-refractivity contribution >= 4 is 0 Å². The summed E-state index contributed by atoms with van der Waals surface area (Å²) in [5.41, 5.74) is 1.22. The molecule has 1 N–H and O–H groups in total. The van der Waals surface area contributed by atoms with Crippen molar-refractivity contribution in [3.63, 3.8) is 0 Å². The molecule has 0 amide bonds. The highest BCUT2D eigenvalue weighted by Crippen LogP contribution is 2.41. The van der Waals surface area contributed by atoms with Crippen molar-refractivity contribution in [2.75, 3.05) is 0 Å². The van der Waals surface area contributed by atoms with Crippen molar-refractivity contribution in [1.82, 2.24) is 0 Å². The fraction of sp³-hybridized carbons (Fsp3) is 0.600. The van der Waals surface area contributed by atoms with E-state index in [1.165, 1.54) is 24.8 Å². The number of rotatable bonds is 0. The van der Waals surface area contributed by atoms with Gasteiger partial charge in [-0.1, -0.05) is 30.7 Å². The Kier molecular flexibility index (Phi) is 1.61. The molecule has 0 saturated heterocycles. The van der Waals surface area contributed by atoms with E-state index >= 15 is 0 Å². The van der Waals surface area contributed by atoms with E-state index in [0.717, 1.165) is 0 Å². The molecule has 1 fully saturated rings. The van der Waals surface area contributed by atoms with Crippen LogP contribution in [-0.4, -0.2) is 11.2 Å². The van der Waals surface area contributed by atoms with Crippen LogP contribution in [0.5, 0.6) is 0 Å². The topological polar surface area (TPSA) is 20.2 Å². The van der Waals surface area contributed by atoms with Gasteiger partial charge >= 0.3 is 0 Å². The molecule has 1 saturated carbocycles. The minimum Gasteiger partial charge on any atom is -0.389 e. The first-order chi connectivity index (χ1) is 5.29. The molecule has 2 aliphatic carbocycles. The van der Waals surface area contributed by atoms with E-state index in [2.05, 4.69) is 6.58 Å². The maximum atomic E-state index is 9.57. The van der Waals surface area contributed by atoms with Gasteiger partial charge < -0.3 is 5.11 Å². The molecule has 2 aliphatic rings. The zero-order valence-corrected chi connectivity index (χ0v) is 6.66. The Morgan fingerprint density at radius 1 is 1.45 bits per heavy atom. The monoisotopic (exact) mass is 150 g/mol. The van der Waals surface area contributed by atoms with E-state index in [4.69, 9.17) is 0 Å². The molecule has 3 atom stereocenters. The Bertz CT molecular complexity index is 205. The van der Waals surface area contributed by atoms with Gasteiger partial charge in [0.2, 0.25) is 0 Å². The van der Waals surface area contributed by atoms with E-state index in [1.54, 1.807) is 0 Å². The van der Waals surface area contributed by atoms with Gasteiger partial charge in [-0.3, -0.25) is 0 Å². The molecule has 1 unspecified atom stereocenters. The molecule has 0 radical (unpaired) electrons. The van der Waals surface area contributed by atoms with Crippen molar-refractivity contribution in [2.24, 2.45) is 11.8 Å². The average Bonchev–Trinajstić information content (AvgIpc) is 2.45. The van der Waals surface area contributed by atoms with Crippen LogP contribution in [0.25, 0.3) is 0 Å². The van der Waals surface area contributed by atoms with E-state index in [9.17, 15) is 5.11 Å². The lowest BCUT2D eigenvalue weighted by Crippen LogP contribution is -2.25. The van der Waals surface area contributed by atoms with Crippen molar-refractivity contribution in [3.05, 3.63) is 24.3 Å². The number of aliphatic hydroxyl groups excluding tert-OH is 1. The van der Waals surface area contributed by atoms with Crippen LogP contribution in [-0.2, 0) is 0 Å². The van der Waals surface area contributed by atoms with Gasteiger partial charge in [-0.25, -0.2) is 0 Å². The largest absolute Gasteiger partial charge is 0.389 e. The normalized spacial score (nSPS) is 42.6. The fourth-order valence-corrected chi connectivity index (χ4v) is 2.35. The third kappa shape index (κ3) is 1.04. The van der Waals surface area contributed by atoms with Crippen LogP contribution in [0.15, 0.2) is 24.3 Å². The second kappa shape index (κ2) is 2.49. The summed E-state index contributed by atoms with van der Waals surface area (Å²) in [6.45, 7) is 3.99. The number of hydrogen-bond acceptors (Lipinski definition) is 1. The molecule has 0 aromatic rings. The summed E-state index contributed by atoms with van der Waals surface area (Å²) < 4.78 is 0. The molecule has 1 heteroatoms. The Morgan fingerprint density at radius 3 is 3.00 bits per heavy atom. The van der Waals surface area contributed by atoms with Gasteiger partial charge in [0.25, 0.3) is 0 Å². The van der Waals surface area contributed by atoms with Crippen LogP contribution in [0.2, 0.25) is 0 Å². The fourth-order valence-electron chi connectivity index (χ4n) is 2.35. The molecule has 2 rings (SSSR count). The quantitative estimate of drug-likeness (QED) is 0.559. The molecule has 0 spiro atoms. The van der Waals surface area contributed by atoms with Crippen LogP contribution in [0.4, 0.5) is 0 Å². The number of fused-ring (bicyclic) bond motifs is 1. The number of allylic oxidation sites excluding steroid dienone is 2. The SMILES string of the molecule is C=C1C=CC(O)[C@H]2CCC[C@H]12. The molecule has 0 bridgehead atoms. The van der Waals surface area contributed by atoms with Crippen molar-refractivity contribution in [1.29, 1.82) is 0 Å². The third-order valence-electron chi connectivity index (χ3n) is 2.99. The van der Waals surface area contributed by atoms with Gasteiger partial charge in [-0.15, -0.1) is 0 Å². The van der Waals surface area contributed by atoms with E-state index in [0.29, 0.717) is 11.8 Å². The second-order valence-corrected chi connectivity index (χ2v) is 3.63. The summed E-state index contributed by atoms with van der Waals surface area (Å²) in [5.74, 6) is 1.06. The first-order valence-electron chi connectivity index (χ1n) is 4.34. The van der Waals surface area contributed by atoms with Crippen LogP contribution in [0.1, 0.15) is 19.3 Å². The molecule has 11 heavy (non-hydrogen) atoms. The standard InChI is InChI=1S/C10H14O/c1-7-5-6-10(11)9-4-2-3-8(7)9/h5-6,8-11H,1-4H2/t8-,9+,10?/m1/s1. The van der Waals surface area contributed by atoms with Crippen LogP contribution in [0, 0.1) is 11.8 Å². The Morgan fingerprint density at radius 2 is 2.27 bits per heavy atom. The zero-order valence-electron chi connectivity index (χ0n) is 6.66. The lowest BCUT2D eigenvalue weighted by Gasteiger charge is -2.27. The lowest BCUT2D eigenvalue weighted by molar-refractivity contribution is 0.132. The van der Waals surface area contributed by atoms with E-state index in [-0.39, 0.29) is 6.10 Å². The third-order valence-corrected chi connectivity index (χ3v) is 2.99. The summed E-state index contributed by atoms with van der Waals surface area (Å²) in [7, 11) is 0. The summed E-state index contributed by atoms with van der Waals surface area (Å²) in [5, 5.41) is 9.57. The van der Waals surface area contributed by atoms with E-state index < -0.39 is 0 Å². The van der Waals surface area contributed by atoms with Crippen molar-refractivity contribution in [2.45, 2.75) is 25.4 Å². The molecule has 1 nitrogen and oxygen atoms in total. The summed E-state index contributed by atoms with van der Waals surface area (Å²) in [4.78, 5) is 0. The summed E-state index contributed by atoms with van der Waals surface area (Å²) in [6.07, 6.45) is 7.33. The van der Waals surface area contributed by atoms with Gasteiger partial charge in [0.15, 0.2) is 0 Å². The first kappa shape index (κ1) is 7.11. The zero-order chi connectivity index (χ0) is 7.84. The highest BCUT2D eigenvalue weighted by molar-refractivity contribution is 5.26. The number of hydrogen-bond donors (Lipinski definition) is 1. The van der Waals surface area contributed by atoms with Crippen molar-refractivity contribution < 1.29 is 5.11 Å². The average molecular weight is 150 g/mol. The van der Waals surface area contributed by atoms with Gasteiger partial charge in [0.05, 0.1) is 6.10 Å². The minimum atomic E-state index is -0.201. The van der Waals surface area contributed by atoms with Crippen LogP contribution < -0.4 is 0 Å². The van der Waals surface area contributed by atoms with Crippen molar-refractivity contribution in [3.8, 4) is 0 Å². The lowest BCUT2D eigenvalue weighted by atomic mass is 9.81. The molecule has 0 aliphatic heterocycles. The Hall–Kier alpha value is -0.560. The first-order valence-corrected chi connectivity index (χ1v) is 4.34. The highest BCUT2D eigenvalue weighted by Gasteiger charge is 2.34. The second-order valence-electron chi connectivity index (χ2n) is 3.63. The van der Waals surface area contributed by atoms with Gasteiger partial charge in [-0.2, -0.15) is 0 Å². The van der Waals surface area contributed by atoms with Gasteiger partial charge in [0.1, 0.15) is 0 Å². The Balaban J connectivity index is 2.25. The van der Waals surface area contributed by atoms with Crippen LogP contribution >= 0.6 is 0 Å². The van der Waals surface area contributed by atoms with Gasteiger partial charge in [-0.05, 0) is 24.7 Å². The molecule has 60 valence electrons. The molecule has 0 aromatic heterocycles. The van der Waals surface area contributed by atoms with Crippen LogP contribution in [0.3, 0.4) is 0 Å². The molecular formula is C10H14O. The maximum absolute atomic E-state index is 9.57. The van der Waals surface area contributed by atoms with E-state index in [1.807, 2.05) is 12.2 Å². The summed E-state index contributed by atoms with van der Waals surface area (Å²) >= 11 is 0. The molecular weight excluding hydrogens is 136 g/mol. The Labute approximate surface area is 67.4 Å². The highest BCUT2D eigenvalue weighted by atomic mass is 16.3. The van der Waals surface area contributed by atoms with Gasteiger partial charge in [0, 0.05) is 0 Å². The molecule has 0 aromatic carbocycles. The summed E-state index contributed by atoms with van der Waals surface area (Å²) in [6, 6.07) is 0. The minimum absolute atomic E-state index is 0.201. The smallest absolute Gasteiger partial charge is 0.0758 e. The number of aliphatic hydroxyl groups is 1.